The second-order valence-electron chi connectivity index (χ2n) is 7.16. The molecule has 1 aromatic carbocycles. The lowest BCUT2D eigenvalue weighted by molar-refractivity contribution is 0.0732. The minimum absolute atomic E-state index is 0.105. The van der Waals surface area contributed by atoms with Gasteiger partial charge in [0.25, 0.3) is 5.91 Å². The number of aromatic amines is 1. The summed E-state index contributed by atoms with van der Waals surface area (Å²) < 4.78 is 0. The molecule has 1 amide bonds. The first-order valence-electron chi connectivity index (χ1n) is 8.31. The lowest BCUT2D eigenvalue weighted by Gasteiger charge is -2.37. The zero-order valence-corrected chi connectivity index (χ0v) is 14.2. The van der Waals surface area contributed by atoms with Gasteiger partial charge < -0.3 is 14.8 Å². The molecule has 4 rings (SSSR count). The van der Waals surface area contributed by atoms with Gasteiger partial charge in [-0.25, -0.2) is 0 Å². The fourth-order valence-corrected chi connectivity index (χ4v) is 4.24. The quantitative estimate of drug-likeness (QED) is 0.870. The van der Waals surface area contributed by atoms with Gasteiger partial charge in [-0.1, -0.05) is 17.7 Å². The van der Waals surface area contributed by atoms with E-state index in [1.807, 2.05) is 29.2 Å². The minimum Gasteiger partial charge on any atom is -0.350 e. The topological polar surface area (TPSA) is 39.3 Å². The molecule has 23 heavy (non-hydrogen) atoms. The van der Waals surface area contributed by atoms with Gasteiger partial charge in [-0.15, -0.1) is 0 Å². The van der Waals surface area contributed by atoms with Gasteiger partial charge in [-0.2, -0.15) is 0 Å². The second kappa shape index (κ2) is 5.53. The Kier molecular flexibility index (Phi) is 3.62. The van der Waals surface area contributed by atoms with Crippen molar-refractivity contribution in [3.63, 3.8) is 0 Å². The number of amides is 1. The van der Waals surface area contributed by atoms with E-state index in [9.17, 15) is 4.79 Å². The highest BCUT2D eigenvalue weighted by Crippen LogP contribution is 2.40. The molecule has 0 aliphatic carbocycles. The number of hydrogen-bond donors (Lipinski definition) is 1. The Morgan fingerprint density at radius 3 is 2.70 bits per heavy atom. The number of benzene rings is 1. The van der Waals surface area contributed by atoms with E-state index in [1.54, 1.807) is 0 Å². The van der Waals surface area contributed by atoms with Gasteiger partial charge >= 0.3 is 0 Å². The molecule has 2 aliphatic heterocycles. The van der Waals surface area contributed by atoms with Crippen LogP contribution in [0.5, 0.6) is 0 Å². The van der Waals surface area contributed by atoms with Gasteiger partial charge in [-0.3, -0.25) is 4.79 Å². The standard InChI is InChI=1S/C18H22ClN3O/c1-21-8-5-18(6-9-21)7-10-22(12-18)17(23)16-11-13-14(19)3-2-4-15(13)20-16/h2-4,11,20H,5-10,12H2,1H3. The van der Waals surface area contributed by atoms with Crippen molar-refractivity contribution in [2.45, 2.75) is 19.3 Å². The van der Waals surface area contributed by atoms with Crippen molar-refractivity contribution in [3.05, 3.63) is 35.0 Å². The van der Waals surface area contributed by atoms with E-state index < -0.39 is 0 Å². The number of aromatic nitrogens is 1. The summed E-state index contributed by atoms with van der Waals surface area (Å²) in [7, 11) is 2.18. The van der Waals surface area contributed by atoms with Crippen molar-refractivity contribution >= 4 is 28.4 Å². The monoisotopic (exact) mass is 331 g/mol. The van der Waals surface area contributed by atoms with E-state index in [2.05, 4.69) is 16.9 Å². The SMILES string of the molecule is CN1CCC2(CC1)CCN(C(=O)c1cc3c(Cl)cccc3[nH]1)C2. The Hall–Kier alpha value is -1.52. The molecule has 0 unspecified atom stereocenters. The summed E-state index contributed by atoms with van der Waals surface area (Å²) in [6.07, 6.45) is 3.53. The lowest BCUT2D eigenvalue weighted by atomic mass is 9.78. The third-order valence-corrected chi connectivity index (χ3v) is 5.94. The number of nitrogens with zero attached hydrogens (tertiary/aromatic N) is 2. The van der Waals surface area contributed by atoms with E-state index in [0.29, 0.717) is 16.1 Å². The van der Waals surface area contributed by atoms with E-state index >= 15 is 0 Å². The number of likely N-dealkylation sites (tertiary alicyclic amines) is 2. The molecule has 0 saturated carbocycles. The van der Waals surface area contributed by atoms with Gasteiger partial charge in [0.05, 0.1) is 0 Å². The maximum atomic E-state index is 12.9. The van der Waals surface area contributed by atoms with Crippen molar-refractivity contribution in [2.24, 2.45) is 5.41 Å². The first-order chi connectivity index (χ1) is 11.1. The normalized spacial score (nSPS) is 21.4. The number of halogens is 1. The van der Waals surface area contributed by atoms with Crippen LogP contribution in [0.15, 0.2) is 24.3 Å². The predicted molar refractivity (Wildman–Crippen MR) is 93.0 cm³/mol. The Bertz CT molecular complexity index is 746. The summed E-state index contributed by atoms with van der Waals surface area (Å²) >= 11 is 6.22. The molecule has 1 aromatic heterocycles. The van der Waals surface area contributed by atoms with Gasteiger partial charge in [0.2, 0.25) is 0 Å². The van der Waals surface area contributed by atoms with Crippen molar-refractivity contribution < 1.29 is 4.79 Å². The number of H-pyrrole nitrogens is 1. The molecule has 5 heteroatoms. The van der Waals surface area contributed by atoms with Crippen LogP contribution in [-0.2, 0) is 0 Å². The van der Waals surface area contributed by atoms with Gasteiger partial charge in [0.1, 0.15) is 5.69 Å². The third kappa shape index (κ3) is 2.64. The molecule has 2 aliphatic rings. The van der Waals surface area contributed by atoms with Gasteiger partial charge in [-0.05, 0) is 63.0 Å². The van der Waals surface area contributed by atoms with Crippen LogP contribution in [0.25, 0.3) is 10.9 Å². The third-order valence-electron chi connectivity index (χ3n) is 5.61. The molecule has 0 radical (unpaired) electrons. The number of carbonyl (C=O) groups is 1. The van der Waals surface area contributed by atoms with Crippen LogP contribution in [0.2, 0.25) is 5.02 Å². The molecule has 2 aromatic rings. The number of nitrogens with one attached hydrogen (secondary N) is 1. The number of hydrogen-bond acceptors (Lipinski definition) is 2. The summed E-state index contributed by atoms with van der Waals surface area (Å²) in [6.45, 7) is 4.04. The zero-order valence-electron chi connectivity index (χ0n) is 13.4. The van der Waals surface area contributed by atoms with E-state index in [1.165, 1.54) is 12.8 Å². The van der Waals surface area contributed by atoms with Crippen molar-refractivity contribution in [3.8, 4) is 0 Å². The van der Waals surface area contributed by atoms with E-state index in [4.69, 9.17) is 11.6 Å². The van der Waals surface area contributed by atoms with Crippen LogP contribution < -0.4 is 0 Å². The number of piperidine rings is 1. The molecule has 2 fully saturated rings. The first kappa shape index (κ1) is 15.0. The first-order valence-corrected chi connectivity index (χ1v) is 8.69. The molecular formula is C18H22ClN3O. The molecule has 4 nitrogen and oxygen atoms in total. The van der Waals surface area contributed by atoms with Crippen LogP contribution >= 0.6 is 11.6 Å². The molecular weight excluding hydrogens is 310 g/mol. The molecule has 0 atom stereocenters. The largest absolute Gasteiger partial charge is 0.350 e. The van der Waals surface area contributed by atoms with Crippen molar-refractivity contribution in [1.82, 2.24) is 14.8 Å². The summed E-state index contributed by atoms with van der Waals surface area (Å²) in [4.78, 5) is 20.5. The molecule has 2 saturated heterocycles. The Labute approximate surface area is 141 Å². The summed E-state index contributed by atoms with van der Waals surface area (Å²) in [5.41, 5.74) is 1.92. The molecule has 1 spiro atoms. The molecule has 0 bridgehead atoms. The highest BCUT2D eigenvalue weighted by Gasteiger charge is 2.41. The predicted octanol–water partition coefficient (Wildman–Crippen LogP) is 3.38. The number of fused-ring (bicyclic) bond motifs is 1. The summed E-state index contributed by atoms with van der Waals surface area (Å²) in [5.74, 6) is 0.105. The fourth-order valence-electron chi connectivity index (χ4n) is 4.01. The van der Waals surface area contributed by atoms with E-state index in [-0.39, 0.29) is 5.91 Å². The molecule has 1 N–H and O–H groups in total. The van der Waals surface area contributed by atoms with Crippen LogP contribution in [-0.4, -0.2) is 53.9 Å². The fraction of sp³-hybridized carbons (Fsp3) is 0.500. The summed E-state index contributed by atoms with van der Waals surface area (Å²) in [5, 5.41) is 1.61. The highest BCUT2D eigenvalue weighted by molar-refractivity contribution is 6.35. The van der Waals surface area contributed by atoms with Crippen LogP contribution in [0, 0.1) is 5.41 Å². The zero-order chi connectivity index (χ0) is 16.0. The lowest BCUT2D eigenvalue weighted by Crippen LogP contribution is -2.40. The second-order valence-corrected chi connectivity index (χ2v) is 7.57. The van der Waals surface area contributed by atoms with Crippen molar-refractivity contribution in [1.29, 1.82) is 0 Å². The van der Waals surface area contributed by atoms with Gasteiger partial charge in [0.15, 0.2) is 0 Å². The number of rotatable bonds is 1. The average Bonchev–Trinajstić information content (AvgIpc) is 3.16. The molecule has 122 valence electrons. The maximum Gasteiger partial charge on any atom is 0.270 e. The molecule has 3 heterocycles. The highest BCUT2D eigenvalue weighted by atomic mass is 35.5. The average molecular weight is 332 g/mol. The smallest absolute Gasteiger partial charge is 0.270 e. The Morgan fingerprint density at radius 2 is 1.96 bits per heavy atom. The number of carbonyl (C=O) groups excluding carboxylic acids is 1. The van der Waals surface area contributed by atoms with Crippen LogP contribution in [0.4, 0.5) is 0 Å². The Balaban J connectivity index is 1.54. The van der Waals surface area contributed by atoms with Crippen molar-refractivity contribution in [2.75, 3.05) is 33.2 Å². The Morgan fingerprint density at radius 1 is 1.22 bits per heavy atom. The van der Waals surface area contributed by atoms with Gasteiger partial charge in [0, 0.05) is 29.0 Å². The maximum absolute atomic E-state index is 12.9. The minimum atomic E-state index is 0.105. The van der Waals surface area contributed by atoms with E-state index in [0.717, 1.165) is 43.5 Å². The summed E-state index contributed by atoms with van der Waals surface area (Å²) in [6, 6.07) is 7.61. The van der Waals surface area contributed by atoms with Crippen LogP contribution in [0.3, 0.4) is 0 Å². The van der Waals surface area contributed by atoms with Crippen LogP contribution in [0.1, 0.15) is 29.8 Å².